The number of aromatic nitrogens is 1. The number of pyridine rings is 1. The Bertz CT molecular complexity index is 310. The van der Waals surface area contributed by atoms with Crippen LogP contribution in [0.25, 0.3) is 0 Å². The van der Waals surface area contributed by atoms with Crippen molar-refractivity contribution < 1.29 is 5.11 Å². The van der Waals surface area contributed by atoms with Crippen molar-refractivity contribution >= 4 is 11.8 Å². The molecule has 1 saturated carbocycles. The number of hydrogen-bond donors (Lipinski definition) is 1. The Morgan fingerprint density at radius 1 is 1.40 bits per heavy atom. The molecule has 0 aliphatic heterocycles. The Hall–Kier alpha value is -0.540. The van der Waals surface area contributed by atoms with Crippen LogP contribution in [0.15, 0.2) is 23.4 Å². The van der Waals surface area contributed by atoms with E-state index in [1.54, 1.807) is 18.0 Å². The zero-order valence-corrected chi connectivity index (χ0v) is 9.67. The van der Waals surface area contributed by atoms with Gasteiger partial charge in [-0.1, -0.05) is 18.9 Å². The highest BCUT2D eigenvalue weighted by molar-refractivity contribution is 7.99. The maximum atomic E-state index is 9.16. The van der Waals surface area contributed by atoms with Gasteiger partial charge in [0, 0.05) is 17.5 Å². The van der Waals surface area contributed by atoms with Gasteiger partial charge in [-0.3, -0.25) is 0 Å². The number of thioether (sulfide) groups is 1. The lowest BCUT2D eigenvalue weighted by Gasteiger charge is -2.09. The smallest absolute Gasteiger partial charge is 0.101 e. The van der Waals surface area contributed by atoms with Crippen LogP contribution < -0.4 is 0 Å². The minimum Gasteiger partial charge on any atom is -0.392 e. The van der Waals surface area contributed by atoms with E-state index in [0.717, 1.165) is 22.3 Å². The van der Waals surface area contributed by atoms with Gasteiger partial charge in [-0.25, -0.2) is 4.98 Å². The van der Waals surface area contributed by atoms with E-state index in [1.165, 1.54) is 25.7 Å². The molecule has 2 nitrogen and oxygen atoms in total. The van der Waals surface area contributed by atoms with Crippen molar-refractivity contribution in [3.63, 3.8) is 0 Å². The summed E-state index contributed by atoms with van der Waals surface area (Å²) in [6.45, 7) is 0.0981. The number of nitrogens with zero attached hydrogens (tertiary/aromatic N) is 1. The van der Waals surface area contributed by atoms with Gasteiger partial charge in [0.1, 0.15) is 5.03 Å². The van der Waals surface area contributed by atoms with E-state index >= 15 is 0 Å². The van der Waals surface area contributed by atoms with Crippen LogP contribution in [0.1, 0.15) is 31.2 Å². The van der Waals surface area contributed by atoms with Crippen LogP contribution in [0.3, 0.4) is 0 Å². The van der Waals surface area contributed by atoms with Crippen LogP contribution in [-0.2, 0) is 6.61 Å². The van der Waals surface area contributed by atoms with Crippen LogP contribution >= 0.6 is 11.8 Å². The average molecular weight is 223 g/mol. The van der Waals surface area contributed by atoms with Gasteiger partial charge in [-0.05, 0) is 24.8 Å². The summed E-state index contributed by atoms with van der Waals surface area (Å²) in [5.41, 5.74) is 0.959. The highest BCUT2D eigenvalue weighted by Gasteiger charge is 2.15. The largest absolute Gasteiger partial charge is 0.392 e. The maximum absolute atomic E-state index is 9.16. The van der Waals surface area contributed by atoms with Gasteiger partial charge in [-0.15, -0.1) is 11.8 Å². The lowest BCUT2D eigenvalue weighted by molar-refractivity contribution is 0.278. The highest BCUT2D eigenvalue weighted by atomic mass is 32.2. The average Bonchev–Trinajstić information content (AvgIpc) is 2.79. The predicted octanol–water partition coefficient (Wildman–Crippen LogP) is 2.86. The number of rotatable bonds is 4. The van der Waals surface area contributed by atoms with Gasteiger partial charge in [0.25, 0.3) is 0 Å². The van der Waals surface area contributed by atoms with Crippen LogP contribution in [0.2, 0.25) is 0 Å². The second-order valence-electron chi connectivity index (χ2n) is 4.09. The van der Waals surface area contributed by atoms with E-state index in [2.05, 4.69) is 4.98 Å². The fourth-order valence-electron chi connectivity index (χ4n) is 2.05. The fourth-order valence-corrected chi connectivity index (χ4v) is 3.23. The molecular formula is C12H17NOS. The molecular weight excluding hydrogens is 206 g/mol. The molecule has 15 heavy (non-hydrogen) atoms. The summed E-state index contributed by atoms with van der Waals surface area (Å²) < 4.78 is 0. The normalized spacial score (nSPS) is 17.1. The molecule has 0 spiro atoms. The lowest BCUT2D eigenvalue weighted by Crippen LogP contribution is -1.98. The van der Waals surface area contributed by atoms with Crippen LogP contribution in [0, 0.1) is 5.92 Å². The monoisotopic (exact) mass is 223 g/mol. The van der Waals surface area contributed by atoms with Crippen LogP contribution in [-0.4, -0.2) is 15.8 Å². The summed E-state index contributed by atoms with van der Waals surface area (Å²) in [5.74, 6) is 2.02. The zero-order valence-electron chi connectivity index (χ0n) is 8.85. The first-order chi connectivity index (χ1) is 7.40. The third-order valence-corrected chi connectivity index (χ3v) is 4.23. The van der Waals surface area contributed by atoms with Crippen molar-refractivity contribution in [1.82, 2.24) is 4.98 Å². The Kier molecular flexibility index (Phi) is 4.03. The van der Waals surface area contributed by atoms with E-state index in [1.807, 2.05) is 12.1 Å². The molecule has 0 bridgehead atoms. The molecule has 0 radical (unpaired) electrons. The van der Waals surface area contributed by atoms with Gasteiger partial charge < -0.3 is 5.11 Å². The molecule has 1 aromatic rings. The second-order valence-corrected chi connectivity index (χ2v) is 5.10. The van der Waals surface area contributed by atoms with Crippen LogP contribution in [0.5, 0.6) is 0 Å². The molecule has 0 atom stereocenters. The van der Waals surface area contributed by atoms with Crippen LogP contribution in [0.4, 0.5) is 0 Å². The molecule has 0 amide bonds. The lowest BCUT2D eigenvalue weighted by atomic mass is 10.1. The van der Waals surface area contributed by atoms with E-state index in [-0.39, 0.29) is 6.61 Å². The van der Waals surface area contributed by atoms with Crippen molar-refractivity contribution in [3.8, 4) is 0 Å². The molecule has 82 valence electrons. The standard InChI is InChI=1S/C12H17NOS/c14-8-11-6-3-7-13-12(11)15-9-10-4-1-2-5-10/h3,6-7,10,14H,1-2,4-5,8-9H2. The molecule has 2 rings (SSSR count). The van der Waals surface area contributed by atoms with Gasteiger partial charge in [0.2, 0.25) is 0 Å². The molecule has 0 aromatic carbocycles. The van der Waals surface area contributed by atoms with Crippen molar-refractivity contribution in [2.45, 2.75) is 37.3 Å². The van der Waals surface area contributed by atoms with Crippen molar-refractivity contribution in [1.29, 1.82) is 0 Å². The van der Waals surface area contributed by atoms with Gasteiger partial charge in [-0.2, -0.15) is 0 Å². The summed E-state index contributed by atoms with van der Waals surface area (Å²) in [7, 11) is 0. The molecule has 3 heteroatoms. The van der Waals surface area contributed by atoms with E-state index < -0.39 is 0 Å². The van der Waals surface area contributed by atoms with Crippen molar-refractivity contribution in [2.75, 3.05) is 5.75 Å². The first kappa shape index (κ1) is 11.0. The third kappa shape index (κ3) is 2.95. The molecule has 0 saturated heterocycles. The quantitative estimate of drug-likeness (QED) is 0.797. The molecule has 1 fully saturated rings. The van der Waals surface area contributed by atoms with E-state index in [0.29, 0.717) is 0 Å². The van der Waals surface area contributed by atoms with Crippen molar-refractivity contribution in [3.05, 3.63) is 23.9 Å². The molecule has 1 N–H and O–H groups in total. The molecule has 1 aliphatic carbocycles. The molecule has 1 aromatic heterocycles. The Labute approximate surface area is 95.1 Å². The number of aliphatic hydroxyl groups excluding tert-OH is 1. The number of hydrogen-bond acceptors (Lipinski definition) is 3. The highest BCUT2D eigenvalue weighted by Crippen LogP contribution is 2.31. The minimum atomic E-state index is 0.0981. The summed E-state index contributed by atoms with van der Waals surface area (Å²) in [4.78, 5) is 4.31. The van der Waals surface area contributed by atoms with Crippen molar-refractivity contribution in [2.24, 2.45) is 5.92 Å². The molecule has 1 heterocycles. The summed E-state index contributed by atoms with van der Waals surface area (Å²) >= 11 is 1.80. The Morgan fingerprint density at radius 2 is 2.20 bits per heavy atom. The van der Waals surface area contributed by atoms with Gasteiger partial charge in [0.05, 0.1) is 6.61 Å². The summed E-state index contributed by atoms with van der Waals surface area (Å²) in [6.07, 6.45) is 7.32. The van der Waals surface area contributed by atoms with E-state index in [4.69, 9.17) is 5.11 Å². The van der Waals surface area contributed by atoms with Gasteiger partial charge >= 0.3 is 0 Å². The molecule has 1 aliphatic rings. The number of aliphatic hydroxyl groups is 1. The third-order valence-electron chi connectivity index (χ3n) is 2.95. The minimum absolute atomic E-state index is 0.0981. The zero-order chi connectivity index (χ0) is 10.5. The van der Waals surface area contributed by atoms with E-state index in [9.17, 15) is 0 Å². The predicted molar refractivity (Wildman–Crippen MR) is 62.8 cm³/mol. The maximum Gasteiger partial charge on any atom is 0.101 e. The summed E-state index contributed by atoms with van der Waals surface area (Å²) in [5, 5.41) is 10.2. The Morgan fingerprint density at radius 3 is 2.93 bits per heavy atom. The first-order valence-electron chi connectivity index (χ1n) is 5.57. The molecule has 0 unspecified atom stereocenters. The Balaban J connectivity index is 1.91. The first-order valence-corrected chi connectivity index (χ1v) is 6.56. The summed E-state index contributed by atoms with van der Waals surface area (Å²) in [6, 6.07) is 3.83. The topological polar surface area (TPSA) is 33.1 Å². The second kappa shape index (κ2) is 5.52. The fraction of sp³-hybridized carbons (Fsp3) is 0.583. The van der Waals surface area contributed by atoms with Gasteiger partial charge in [0.15, 0.2) is 0 Å². The SMILES string of the molecule is OCc1cccnc1SCC1CCCC1.